The zero-order valence-electron chi connectivity index (χ0n) is 21.1. The van der Waals surface area contributed by atoms with Gasteiger partial charge in [0, 0.05) is 30.3 Å². The second-order valence-corrected chi connectivity index (χ2v) is 7.96. The number of alkyl halides is 3. The number of methoxy groups -OCH3 is 2. The fourth-order valence-corrected chi connectivity index (χ4v) is 3.43. The van der Waals surface area contributed by atoms with Gasteiger partial charge in [0.1, 0.15) is 5.75 Å². The zero-order chi connectivity index (χ0) is 28.0. The fourth-order valence-electron chi connectivity index (χ4n) is 3.43. The van der Waals surface area contributed by atoms with Crippen LogP contribution < -0.4 is 29.6 Å². The van der Waals surface area contributed by atoms with Crippen molar-refractivity contribution in [2.24, 2.45) is 0 Å². The van der Waals surface area contributed by atoms with E-state index in [0.717, 1.165) is 0 Å². The third-order valence-corrected chi connectivity index (χ3v) is 5.23. The molecule has 3 aromatic heterocycles. The summed E-state index contributed by atoms with van der Waals surface area (Å²) in [4.78, 5) is 17.1. The van der Waals surface area contributed by atoms with Crippen molar-refractivity contribution >= 4 is 22.6 Å². The van der Waals surface area contributed by atoms with Crippen LogP contribution in [0.5, 0.6) is 28.9 Å². The smallest absolute Gasteiger partial charge is 0.422 e. The van der Waals surface area contributed by atoms with Crippen LogP contribution in [0.3, 0.4) is 0 Å². The van der Waals surface area contributed by atoms with Crippen molar-refractivity contribution in [1.29, 1.82) is 0 Å². The summed E-state index contributed by atoms with van der Waals surface area (Å²) in [5.74, 6) is 0.411. The number of likely N-dealkylation sites (N-methyl/N-ethyl adjacent to an activating group) is 1. The number of rotatable bonds is 11. The van der Waals surface area contributed by atoms with Gasteiger partial charge in [0.15, 0.2) is 35.4 Å². The minimum Gasteiger partial charge on any atom is -0.493 e. The highest BCUT2D eigenvalue weighted by atomic mass is 19.4. The number of carbonyl (C=O) groups is 1. The Balaban J connectivity index is 1.50. The monoisotopic (exact) mass is 547 g/mol. The molecule has 0 fully saturated rings. The molecule has 0 aliphatic carbocycles. The molecule has 0 saturated carbocycles. The highest BCUT2D eigenvalue weighted by molar-refractivity contribution is 6.04. The number of nitrogens with one attached hydrogen (secondary N) is 2. The van der Waals surface area contributed by atoms with Crippen molar-refractivity contribution in [3.8, 4) is 28.9 Å². The first-order chi connectivity index (χ1) is 18.7. The maximum atomic E-state index is 12.8. The number of hydrogen-bond acceptors (Lipinski definition) is 10. The van der Waals surface area contributed by atoms with Crippen molar-refractivity contribution < 1.29 is 36.9 Å². The highest BCUT2D eigenvalue weighted by Gasteiger charge is 2.30. The summed E-state index contributed by atoms with van der Waals surface area (Å²) in [7, 11) is 4.73. The third-order valence-electron chi connectivity index (χ3n) is 5.23. The molecule has 4 aromatic rings. The van der Waals surface area contributed by atoms with E-state index in [1.807, 2.05) is 0 Å². The summed E-state index contributed by atoms with van der Waals surface area (Å²) in [5.41, 5.74) is 0.268. The number of ether oxygens (including phenoxy) is 4. The number of nitrogens with zero attached hydrogens (tertiary/aromatic N) is 5. The maximum Gasteiger partial charge on any atom is 0.422 e. The van der Waals surface area contributed by atoms with Crippen molar-refractivity contribution in [1.82, 2.24) is 30.3 Å². The molecule has 1 aromatic carbocycles. The Hall–Kier alpha value is -4.66. The first-order valence-corrected chi connectivity index (χ1v) is 11.5. The van der Waals surface area contributed by atoms with Gasteiger partial charge in [-0.2, -0.15) is 18.3 Å². The van der Waals surface area contributed by atoms with Crippen molar-refractivity contribution in [2.45, 2.75) is 12.7 Å². The van der Waals surface area contributed by atoms with Crippen LogP contribution in [-0.4, -0.2) is 71.5 Å². The van der Waals surface area contributed by atoms with E-state index >= 15 is 0 Å². The van der Waals surface area contributed by atoms with E-state index in [-0.39, 0.29) is 23.1 Å². The molecule has 1 amide bonds. The van der Waals surface area contributed by atoms with Crippen molar-refractivity contribution in [3.63, 3.8) is 0 Å². The predicted octanol–water partition coefficient (Wildman–Crippen LogP) is 3.44. The zero-order valence-corrected chi connectivity index (χ0v) is 21.1. The predicted molar refractivity (Wildman–Crippen MR) is 133 cm³/mol. The largest absolute Gasteiger partial charge is 0.493 e. The molecule has 206 valence electrons. The van der Waals surface area contributed by atoms with Crippen LogP contribution in [-0.2, 0) is 6.54 Å². The Morgan fingerprint density at radius 3 is 2.46 bits per heavy atom. The molecule has 0 radical (unpaired) electrons. The minimum atomic E-state index is -4.58. The molecule has 39 heavy (non-hydrogen) atoms. The number of carbonyl (C=O) groups excluding carboxylic acids is 1. The lowest BCUT2D eigenvalue weighted by atomic mass is 10.2. The van der Waals surface area contributed by atoms with Gasteiger partial charge < -0.3 is 29.6 Å². The number of benzene rings is 1. The van der Waals surface area contributed by atoms with E-state index in [1.165, 1.54) is 37.2 Å². The molecule has 0 unspecified atom stereocenters. The van der Waals surface area contributed by atoms with E-state index in [9.17, 15) is 18.0 Å². The number of fused-ring (bicyclic) bond motifs is 1. The van der Waals surface area contributed by atoms with Crippen LogP contribution >= 0.6 is 0 Å². The normalized spacial score (nSPS) is 11.3. The van der Waals surface area contributed by atoms with E-state index in [2.05, 4.69) is 30.9 Å². The molecule has 2 N–H and O–H groups in total. The summed E-state index contributed by atoms with van der Waals surface area (Å²) in [6.45, 7) is -0.791. The number of aromatic nitrogens is 5. The van der Waals surface area contributed by atoms with E-state index < -0.39 is 18.7 Å². The Morgan fingerprint density at radius 2 is 1.79 bits per heavy atom. The number of amides is 1. The first-order valence-electron chi connectivity index (χ1n) is 11.5. The second kappa shape index (κ2) is 11.8. The second-order valence-electron chi connectivity index (χ2n) is 7.96. The summed E-state index contributed by atoms with van der Waals surface area (Å²) in [6.07, 6.45) is -1.80. The number of anilines is 1. The number of halogens is 3. The van der Waals surface area contributed by atoms with Crippen LogP contribution in [0.15, 0.2) is 42.7 Å². The summed E-state index contributed by atoms with van der Waals surface area (Å²) < 4.78 is 60.7. The average molecular weight is 547 g/mol. The molecule has 3 heterocycles. The molecule has 0 atom stereocenters. The lowest BCUT2D eigenvalue weighted by Crippen LogP contribution is -2.21. The molecule has 0 aliphatic rings. The van der Waals surface area contributed by atoms with Gasteiger partial charge in [0.25, 0.3) is 5.91 Å². The van der Waals surface area contributed by atoms with E-state index in [4.69, 9.17) is 18.9 Å². The molecule has 0 aliphatic heterocycles. The van der Waals surface area contributed by atoms with Crippen LogP contribution in [0.1, 0.15) is 10.5 Å². The van der Waals surface area contributed by atoms with Gasteiger partial charge in [0.05, 0.1) is 32.5 Å². The van der Waals surface area contributed by atoms with Gasteiger partial charge in [-0.25, -0.2) is 0 Å². The van der Waals surface area contributed by atoms with Crippen LogP contribution in [0, 0.1) is 0 Å². The molecule has 0 spiro atoms. The lowest BCUT2D eigenvalue weighted by molar-refractivity contribution is -0.153. The lowest BCUT2D eigenvalue weighted by Gasteiger charge is -2.12. The van der Waals surface area contributed by atoms with Gasteiger partial charge >= 0.3 is 6.18 Å². The summed E-state index contributed by atoms with van der Waals surface area (Å²) >= 11 is 0. The number of hydrogen-bond donors (Lipinski definition) is 2. The van der Waals surface area contributed by atoms with Gasteiger partial charge in [-0.15, -0.1) is 10.2 Å². The van der Waals surface area contributed by atoms with E-state index in [1.54, 1.807) is 31.4 Å². The Labute approximate surface area is 220 Å². The molecule has 0 saturated heterocycles. The van der Waals surface area contributed by atoms with Crippen LogP contribution in [0.2, 0.25) is 0 Å². The topological polar surface area (TPSA) is 135 Å². The molecule has 0 bridgehead atoms. The van der Waals surface area contributed by atoms with Crippen molar-refractivity contribution in [3.05, 3.63) is 48.4 Å². The van der Waals surface area contributed by atoms with Gasteiger partial charge in [-0.1, -0.05) is 0 Å². The molecular formula is C24H24F3N7O5. The highest BCUT2D eigenvalue weighted by Crippen LogP contribution is 2.36. The quantitative estimate of drug-likeness (QED) is 0.288. The third kappa shape index (κ3) is 6.81. The van der Waals surface area contributed by atoms with E-state index in [0.29, 0.717) is 41.2 Å². The SMILES string of the molecule is CNCCn1cc(OCC(F)(F)F)c(C(=O)Nc2ccc(Oc3ccnc4cc(OC)c(OC)cc34)nn2)n1. The number of pyridine rings is 1. The summed E-state index contributed by atoms with van der Waals surface area (Å²) in [5, 5.41) is 17.9. The minimum absolute atomic E-state index is 0.0184. The van der Waals surface area contributed by atoms with Crippen LogP contribution in [0.25, 0.3) is 10.9 Å². The van der Waals surface area contributed by atoms with Crippen LogP contribution in [0.4, 0.5) is 19.0 Å². The average Bonchev–Trinajstić information content (AvgIpc) is 3.34. The van der Waals surface area contributed by atoms with Gasteiger partial charge in [-0.3, -0.25) is 14.5 Å². The Bertz CT molecular complexity index is 1440. The first kappa shape index (κ1) is 27.4. The molecule has 12 nitrogen and oxygen atoms in total. The Morgan fingerprint density at radius 1 is 1.03 bits per heavy atom. The fraction of sp³-hybridized carbons (Fsp3) is 0.292. The molecule has 4 rings (SSSR count). The van der Waals surface area contributed by atoms with Gasteiger partial charge in [0.2, 0.25) is 5.88 Å². The summed E-state index contributed by atoms with van der Waals surface area (Å²) in [6, 6.07) is 7.94. The Kier molecular flexibility index (Phi) is 8.29. The van der Waals surface area contributed by atoms with Gasteiger partial charge in [-0.05, 0) is 25.2 Å². The molecule has 15 heteroatoms. The standard InChI is InChI=1S/C24H24F3N7O5/c1-28-8-9-34-12-19(38-13-24(25,26)27)22(33-34)23(35)30-20-4-5-21(32-31-20)39-16-6-7-29-15-11-18(37-3)17(36-2)10-14(15)16/h4-7,10-12,28H,8-9,13H2,1-3H3,(H,30,31,35). The molecular weight excluding hydrogens is 523 g/mol. The van der Waals surface area contributed by atoms with Crippen molar-refractivity contribution in [2.75, 3.05) is 39.7 Å². The maximum absolute atomic E-state index is 12.8.